The molecule has 18 heavy (non-hydrogen) atoms. The lowest BCUT2D eigenvalue weighted by atomic mass is 10.2. The Hall–Kier alpha value is -2.17. The first-order valence-electron chi connectivity index (χ1n) is 5.83. The SMILES string of the molecule is CCCC(=O)c1noc(COc2ccccc2)n1. The molecule has 0 aliphatic carbocycles. The van der Waals surface area contributed by atoms with Crippen molar-refractivity contribution in [3.8, 4) is 5.75 Å². The second kappa shape index (κ2) is 5.95. The maximum Gasteiger partial charge on any atom is 0.264 e. The van der Waals surface area contributed by atoms with Gasteiger partial charge >= 0.3 is 0 Å². The van der Waals surface area contributed by atoms with E-state index in [0.717, 1.165) is 12.2 Å². The number of nitrogens with zero attached hydrogens (tertiary/aromatic N) is 2. The molecule has 2 aromatic rings. The monoisotopic (exact) mass is 246 g/mol. The first-order chi connectivity index (χ1) is 8.79. The van der Waals surface area contributed by atoms with Crippen molar-refractivity contribution in [2.75, 3.05) is 0 Å². The van der Waals surface area contributed by atoms with Crippen molar-refractivity contribution >= 4 is 5.78 Å². The van der Waals surface area contributed by atoms with Gasteiger partial charge in [0.15, 0.2) is 6.61 Å². The van der Waals surface area contributed by atoms with E-state index in [1.165, 1.54) is 0 Å². The number of carbonyl (C=O) groups is 1. The Morgan fingerprint density at radius 3 is 2.83 bits per heavy atom. The minimum atomic E-state index is -0.104. The van der Waals surface area contributed by atoms with Crippen LogP contribution in [0.2, 0.25) is 0 Å². The highest BCUT2D eigenvalue weighted by molar-refractivity contribution is 5.92. The van der Waals surface area contributed by atoms with Gasteiger partial charge in [0.25, 0.3) is 5.89 Å². The molecule has 0 fully saturated rings. The molecule has 0 spiro atoms. The Morgan fingerprint density at radius 2 is 2.11 bits per heavy atom. The van der Waals surface area contributed by atoms with Gasteiger partial charge in [0.2, 0.25) is 11.6 Å². The maximum absolute atomic E-state index is 11.5. The summed E-state index contributed by atoms with van der Waals surface area (Å²) < 4.78 is 10.4. The van der Waals surface area contributed by atoms with Gasteiger partial charge in [-0.1, -0.05) is 30.3 Å². The molecule has 1 aromatic carbocycles. The Bertz CT molecular complexity index is 508. The number of rotatable bonds is 6. The number of hydrogen-bond acceptors (Lipinski definition) is 5. The third kappa shape index (κ3) is 3.16. The fourth-order valence-corrected chi connectivity index (χ4v) is 1.43. The molecule has 1 heterocycles. The molecule has 0 saturated carbocycles. The maximum atomic E-state index is 11.5. The molecule has 0 N–H and O–H groups in total. The third-order valence-corrected chi connectivity index (χ3v) is 2.30. The fourth-order valence-electron chi connectivity index (χ4n) is 1.43. The number of aromatic nitrogens is 2. The van der Waals surface area contributed by atoms with Gasteiger partial charge < -0.3 is 9.26 Å². The molecule has 5 heteroatoms. The van der Waals surface area contributed by atoms with E-state index in [4.69, 9.17) is 9.26 Å². The molecule has 0 atom stereocenters. The van der Waals surface area contributed by atoms with Crippen LogP contribution in [0.15, 0.2) is 34.9 Å². The van der Waals surface area contributed by atoms with Gasteiger partial charge in [-0.25, -0.2) is 0 Å². The summed E-state index contributed by atoms with van der Waals surface area (Å²) in [4.78, 5) is 15.5. The average Bonchev–Trinajstić information content (AvgIpc) is 2.87. The number of para-hydroxylation sites is 1. The molecule has 5 nitrogen and oxygen atoms in total. The van der Waals surface area contributed by atoms with E-state index in [1.807, 2.05) is 37.3 Å². The molecule has 0 bridgehead atoms. The minimum absolute atomic E-state index is 0.104. The summed E-state index contributed by atoms with van der Waals surface area (Å²) in [5, 5.41) is 3.63. The van der Waals surface area contributed by atoms with E-state index in [0.29, 0.717) is 12.3 Å². The fraction of sp³-hybridized carbons (Fsp3) is 0.308. The van der Waals surface area contributed by atoms with Gasteiger partial charge in [-0.15, -0.1) is 0 Å². The third-order valence-electron chi connectivity index (χ3n) is 2.30. The lowest BCUT2D eigenvalue weighted by Crippen LogP contribution is -2.01. The van der Waals surface area contributed by atoms with E-state index in [2.05, 4.69) is 10.1 Å². The van der Waals surface area contributed by atoms with Crippen LogP contribution in [-0.2, 0) is 6.61 Å². The Morgan fingerprint density at radius 1 is 1.33 bits per heavy atom. The van der Waals surface area contributed by atoms with Gasteiger partial charge in [0.1, 0.15) is 5.75 Å². The first kappa shape index (κ1) is 12.3. The lowest BCUT2D eigenvalue weighted by molar-refractivity contribution is 0.0968. The molecule has 0 aliphatic rings. The van der Waals surface area contributed by atoms with Crippen LogP contribution in [0.25, 0.3) is 0 Å². The predicted octanol–water partition coefficient (Wildman–Crippen LogP) is 2.63. The second-order valence-corrected chi connectivity index (χ2v) is 3.79. The topological polar surface area (TPSA) is 65.2 Å². The molecule has 0 aliphatic heterocycles. The predicted molar refractivity (Wildman–Crippen MR) is 64.3 cm³/mol. The molecule has 2 rings (SSSR count). The van der Waals surface area contributed by atoms with Crippen LogP contribution >= 0.6 is 0 Å². The van der Waals surface area contributed by atoms with Gasteiger partial charge in [0.05, 0.1) is 0 Å². The molecule has 0 unspecified atom stereocenters. The van der Waals surface area contributed by atoms with Crippen LogP contribution in [0.1, 0.15) is 36.3 Å². The zero-order valence-electron chi connectivity index (χ0n) is 10.1. The molecule has 1 aromatic heterocycles. The number of ketones is 1. The molecule has 0 radical (unpaired) electrons. The van der Waals surface area contributed by atoms with Crippen LogP contribution in [0, 0.1) is 0 Å². The molecule has 94 valence electrons. The standard InChI is InChI=1S/C13H14N2O3/c1-2-6-11(16)13-14-12(18-15-13)9-17-10-7-4-3-5-8-10/h3-5,7-8H,2,6,9H2,1H3. The van der Waals surface area contributed by atoms with Crippen LogP contribution in [0.4, 0.5) is 0 Å². The van der Waals surface area contributed by atoms with Crippen LogP contribution in [-0.4, -0.2) is 15.9 Å². The highest BCUT2D eigenvalue weighted by Gasteiger charge is 2.13. The summed E-state index contributed by atoms with van der Waals surface area (Å²) >= 11 is 0. The van der Waals surface area contributed by atoms with Crippen molar-refractivity contribution in [1.82, 2.24) is 10.1 Å². The average molecular weight is 246 g/mol. The Labute approximate surface area is 105 Å². The van der Waals surface area contributed by atoms with Crippen molar-refractivity contribution in [2.45, 2.75) is 26.4 Å². The number of carbonyl (C=O) groups excluding carboxylic acids is 1. The van der Waals surface area contributed by atoms with Crippen LogP contribution < -0.4 is 4.74 Å². The molecular weight excluding hydrogens is 232 g/mol. The smallest absolute Gasteiger partial charge is 0.264 e. The highest BCUT2D eigenvalue weighted by Crippen LogP contribution is 2.11. The minimum Gasteiger partial charge on any atom is -0.484 e. The van der Waals surface area contributed by atoms with Gasteiger partial charge in [0, 0.05) is 6.42 Å². The van der Waals surface area contributed by atoms with Gasteiger partial charge in [-0.2, -0.15) is 4.98 Å². The quantitative estimate of drug-likeness (QED) is 0.733. The first-order valence-corrected chi connectivity index (χ1v) is 5.83. The van der Waals surface area contributed by atoms with E-state index in [9.17, 15) is 4.79 Å². The van der Waals surface area contributed by atoms with Gasteiger partial charge in [-0.3, -0.25) is 4.79 Å². The van der Waals surface area contributed by atoms with Crippen molar-refractivity contribution in [3.05, 3.63) is 42.0 Å². The number of Topliss-reactive ketones (excluding diaryl/α,β-unsaturated/α-hetero) is 1. The van der Waals surface area contributed by atoms with Crippen LogP contribution in [0.3, 0.4) is 0 Å². The summed E-state index contributed by atoms with van der Waals surface area (Å²) in [6, 6.07) is 9.32. The van der Waals surface area contributed by atoms with E-state index >= 15 is 0 Å². The number of hydrogen-bond donors (Lipinski definition) is 0. The summed E-state index contributed by atoms with van der Waals surface area (Å²) in [6.07, 6.45) is 1.20. The molecular formula is C13H14N2O3. The van der Waals surface area contributed by atoms with E-state index in [-0.39, 0.29) is 18.2 Å². The van der Waals surface area contributed by atoms with Crippen LogP contribution in [0.5, 0.6) is 5.75 Å². The second-order valence-electron chi connectivity index (χ2n) is 3.79. The molecule has 0 amide bonds. The zero-order chi connectivity index (χ0) is 12.8. The van der Waals surface area contributed by atoms with E-state index in [1.54, 1.807) is 0 Å². The summed E-state index contributed by atoms with van der Waals surface area (Å²) in [6.45, 7) is 2.09. The normalized spacial score (nSPS) is 10.3. The van der Waals surface area contributed by atoms with Crippen molar-refractivity contribution in [2.24, 2.45) is 0 Å². The van der Waals surface area contributed by atoms with Gasteiger partial charge in [-0.05, 0) is 18.6 Å². The zero-order valence-corrected chi connectivity index (χ0v) is 10.1. The van der Waals surface area contributed by atoms with Crippen molar-refractivity contribution in [3.63, 3.8) is 0 Å². The Balaban J connectivity index is 1.93. The largest absolute Gasteiger partial charge is 0.484 e. The highest BCUT2D eigenvalue weighted by atomic mass is 16.5. The number of benzene rings is 1. The van der Waals surface area contributed by atoms with Crippen molar-refractivity contribution in [1.29, 1.82) is 0 Å². The Kier molecular flexibility index (Phi) is 4.06. The number of ether oxygens (including phenoxy) is 1. The summed E-state index contributed by atoms with van der Waals surface area (Å²) in [7, 11) is 0. The van der Waals surface area contributed by atoms with Crippen molar-refractivity contribution < 1.29 is 14.1 Å². The molecule has 0 saturated heterocycles. The summed E-state index contributed by atoms with van der Waals surface area (Å²) in [5.74, 6) is 1.05. The van der Waals surface area contributed by atoms with E-state index < -0.39 is 0 Å². The summed E-state index contributed by atoms with van der Waals surface area (Å²) in [5.41, 5.74) is 0. The lowest BCUT2D eigenvalue weighted by Gasteiger charge is -2.00.